The van der Waals surface area contributed by atoms with Crippen molar-refractivity contribution in [2.24, 2.45) is 0 Å². The lowest BCUT2D eigenvalue weighted by molar-refractivity contribution is -0.506. The van der Waals surface area contributed by atoms with Crippen molar-refractivity contribution in [1.82, 2.24) is 15.0 Å². The molecule has 0 saturated carbocycles. The fraction of sp³-hybridized carbons (Fsp3) is 0.762. The molecule has 0 bridgehead atoms. The second-order valence-electron chi connectivity index (χ2n) is 8.26. The first kappa shape index (κ1) is 28.9. The Morgan fingerprint density at radius 1 is 0.667 bits per heavy atom. The molecule has 12 heteroatoms. The van der Waals surface area contributed by atoms with E-state index in [1.165, 1.54) is 0 Å². The Hall–Kier alpha value is -2.09. The van der Waals surface area contributed by atoms with Gasteiger partial charge in [-0.05, 0) is 37.7 Å². The number of ether oxygens (including phenoxy) is 6. The lowest BCUT2D eigenvalue weighted by atomic mass is 10.1. The zero-order valence-electron chi connectivity index (χ0n) is 21.6. The molecular weight excluding hydrogens is 432 g/mol. The number of methoxy groups -OCH3 is 6. The van der Waals surface area contributed by atoms with Crippen LogP contribution >= 0.6 is 0 Å². The van der Waals surface area contributed by atoms with Gasteiger partial charge in [0.2, 0.25) is 0 Å². The summed E-state index contributed by atoms with van der Waals surface area (Å²) in [6.07, 6.45) is 3.69. The van der Waals surface area contributed by atoms with E-state index in [0.29, 0.717) is 17.8 Å². The smallest absolute Gasteiger partial charge is 0.372 e. The molecular formula is C21H40N6O6+2. The Morgan fingerprint density at radius 2 is 1.06 bits per heavy atom. The summed E-state index contributed by atoms with van der Waals surface area (Å²) in [5.74, 6) is 1.06. The van der Waals surface area contributed by atoms with Crippen LogP contribution in [0.25, 0.3) is 0 Å². The van der Waals surface area contributed by atoms with Crippen molar-refractivity contribution in [3.05, 3.63) is 0 Å². The first-order chi connectivity index (χ1) is 15.6. The highest BCUT2D eigenvalue weighted by molar-refractivity contribution is 5.64. The van der Waals surface area contributed by atoms with Crippen molar-refractivity contribution in [2.45, 2.75) is 38.9 Å². The van der Waals surface area contributed by atoms with E-state index >= 15 is 0 Å². The third-order valence-corrected chi connectivity index (χ3v) is 4.49. The van der Waals surface area contributed by atoms with Crippen LogP contribution in [0.3, 0.4) is 0 Å². The van der Waals surface area contributed by atoms with Crippen LogP contribution in [0.1, 0.15) is 27.7 Å². The van der Waals surface area contributed by atoms with Gasteiger partial charge in [0.25, 0.3) is 0 Å². The summed E-state index contributed by atoms with van der Waals surface area (Å²) in [6, 6.07) is 0. The van der Waals surface area contributed by atoms with Gasteiger partial charge in [0.15, 0.2) is 13.5 Å². The molecule has 0 fully saturated rings. The molecule has 0 aliphatic rings. The monoisotopic (exact) mass is 472 g/mol. The molecule has 0 saturated heterocycles. The zero-order valence-corrected chi connectivity index (χ0v) is 21.6. The van der Waals surface area contributed by atoms with E-state index in [9.17, 15) is 0 Å². The molecule has 0 aromatic carbocycles. The van der Waals surface area contributed by atoms with Crippen LogP contribution in [0.5, 0.6) is 0 Å². The van der Waals surface area contributed by atoms with E-state index in [-0.39, 0.29) is 26.9 Å². The van der Waals surface area contributed by atoms with Crippen molar-refractivity contribution < 1.29 is 37.6 Å². The SMILES string of the molecule is COCN(COC)c1nc(/[N+](=C/C(C)(C)OC)COC)nc(/[N+](=C\C(C)(C)OC)COC)n1. The van der Waals surface area contributed by atoms with Gasteiger partial charge in [0.05, 0.1) is 12.4 Å². The Balaban J connectivity index is 3.82. The maximum atomic E-state index is 5.56. The minimum Gasteiger partial charge on any atom is -0.372 e. The molecule has 1 aromatic heterocycles. The summed E-state index contributed by atoms with van der Waals surface area (Å²) in [5, 5.41) is 0. The van der Waals surface area contributed by atoms with Crippen LogP contribution < -0.4 is 4.90 Å². The lowest BCUT2D eigenvalue weighted by Crippen LogP contribution is -2.34. The second kappa shape index (κ2) is 13.6. The first-order valence-corrected chi connectivity index (χ1v) is 10.4. The molecule has 1 rings (SSSR count). The highest BCUT2D eigenvalue weighted by Crippen LogP contribution is 2.19. The molecule has 12 nitrogen and oxygen atoms in total. The molecule has 0 aliphatic carbocycles. The van der Waals surface area contributed by atoms with E-state index in [1.54, 1.807) is 56.7 Å². The summed E-state index contributed by atoms with van der Waals surface area (Å²) in [4.78, 5) is 15.7. The lowest BCUT2D eigenvalue weighted by Gasteiger charge is -2.20. The van der Waals surface area contributed by atoms with Gasteiger partial charge in [-0.3, -0.25) is 4.90 Å². The minimum absolute atomic E-state index is 0.196. The maximum absolute atomic E-state index is 5.56. The van der Waals surface area contributed by atoms with Crippen LogP contribution in [0.4, 0.5) is 17.8 Å². The van der Waals surface area contributed by atoms with E-state index in [4.69, 9.17) is 33.4 Å². The van der Waals surface area contributed by atoms with Crippen molar-refractivity contribution in [3.63, 3.8) is 0 Å². The molecule has 0 amide bonds. The summed E-state index contributed by atoms with van der Waals surface area (Å²) < 4.78 is 36.1. The zero-order chi connectivity index (χ0) is 25.1. The van der Waals surface area contributed by atoms with Gasteiger partial charge in [0.1, 0.15) is 24.7 Å². The van der Waals surface area contributed by atoms with Crippen molar-refractivity contribution in [3.8, 4) is 0 Å². The van der Waals surface area contributed by atoms with Gasteiger partial charge in [-0.1, -0.05) is 0 Å². The quantitative estimate of drug-likeness (QED) is 0.211. The Morgan fingerprint density at radius 3 is 1.36 bits per heavy atom. The molecule has 0 radical (unpaired) electrons. The molecule has 0 unspecified atom stereocenters. The predicted octanol–water partition coefficient (Wildman–Crippen LogP) is 1.37. The standard InChI is InChI=1S/C21H40N6O6/c1-20(2,32-9)11-25(13-28-5)17-22-18(26(14-29-6)12-21(3,4)33-10)24-19(23-17)27(15-30-7)16-31-8/h11-12H,13-16H2,1-10H3/q+2/b25-11-,26-12+. The molecule has 0 aliphatic heterocycles. The highest BCUT2D eigenvalue weighted by atomic mass is 16.5. The normalized spacial score (nSPS) is 13.5. The second-order valence-corrected chi connectivity index (χ2v) is 8.26. The van der Waals surface area contributed by atoms with Gasteiger partial charge in [-0.25, -0.2) is 9.15 Å². The van der Waals surface area contributed by atoms with E-state index in [2.05, 4.69) is 9.97 Å². The first-order valence-electron chi connectivity index (χ1n) is 10.4. The van der Waals surface area contributed by atoms with Crippen molar-refractivity contribution in [2.75, 3.05) is 74.5 Å². The maximum Gasteiger partial charge on any atom is 0.445 e. The molecule has 0 spiro atoms. The molecule has 0 N–H and O–H groups in total. The van der Waals surface area contributed by atoms with Gasteiger partial charge in [0, 0.05) is 47.6 Å². The third-order valence-electron chi connectivity index (χ3n) is 4.49. The minimum atomic E-state index is -0.597. The summed E-state index contributed by atoms with van der Waals surface area (Å²) >= 11 is 0. The molecule has 33 heavy (non-hydrogen) atoms. The predicted molar refractivity (Wildman–Crippen MR) is 124 cm³/mol. The Bertz CT molecular complexity index is 739. The van der Waals surface area contributed by atoms with Gasteiger partial charge >= 0.3 is 17.8 Å². The molecule has 188 valence electrons. The third kappa shape index (κ3) is 9.35. The summed E-state index contributed by atoms with van der Waals surface area (Å²) in [7, 11) is 9.63. The summed E-state index contributed by atoms with van der Waals surface area (Å²) in [5.41, 5.74) is -1.19. The molecule has 1 aromatic rings. The topological polar surface area (TPSA) is 103 Å². The number of nitrogens with zero attached hydrogens (tertiary/aromatic N) is 6. The number of aromatic nitrogens is 3. The van der Waals surface area contributed by atoms with Gasteiger partial charge in [-0.2, -0.15) is 0 Å². The number of anilines is 1. The van der Waals surface area contributed by atoms with E-state index < -0.39 is 11.2 Å². The average Bonchev–Trinajstić information content (AvgIpc) is 2.78. The van der Waals surface area contributed by atoms with Crippen LogP contribution in [0.2, 0.25) is 0 Å². The largest absolute Gasteiger partial charge is 0.445 e. The number of hydrogen-bond acceptors (Lipinski definition) is 10. The van der Waals surface area contributed by atoms with Crippen molar-refractivity contribution >= 4 is 30.3 Å². The van der Waals surface area contributed by atoms with Gasteiger partial charge < -0.3 is 28.4 Å². The fourth-order valence-electron chi connectivity index (χ4n) is 2.65. The fourth-order valence-corrected chi connectivity index (χ4v) is 2.65. The van der Waals surface area contributed by atoms with Crippen LogP contribution in [0, 0.1) is 0 Å². The average molecular weight is 473 g/mol. The number of rotatable bonds is 15. The summed E-state index contributed by atoms with van der Waals surface area (Å²) in [6.45, 7) is 8.51. The molecule has 1 heterocycles. The van der Waals surface area contributed by atoms with Crippen LogP contribution in [-0.4, -0.2) is 117 Å². The van der Waals surface area contributed by atoms with Gasteiger partial charge in [-0.15, -0.1) is 0 Å². The molecule has 0 atom stereocenters. The van der Waals surface area contributed by atoms with Crippen LogP contribution in [-0.2, 0) is 28.4 Å². The highest BCUT2D eigenvalue weighted by Gasteiger charge is 2.31. The number of hydrogen-bond donors (Lipinski definition) is 0. The Labute approximate surface area is 196 Å². The van der Waals surface area contributed by atoms with E-state index in [1.807, 2.05) is 40.1 Å². The van der Waals surface area contributed by atoms with Crippen molar-refractivity contribution in [1.29, 1.82) is 0 Å². The van der Waals surface area contributed by atoms with E-state index in [0.717, 1.165) is 0 Å². The Kier molecular flexibility index (Phi) is 11.9. The van der Waals surface area contributed by atoms with Crippen LogP contribution in [0.15, 0.2) is 0 Å².